The number of carboxylic acids is 1. The first kappa shape index (κ1) is 26.5. The molecule has 10 N–H and O–H groups in total. The van der Waals surface area contributed by atoms with E-state index in [0.29, 0.717) is 0 Å². The van der Waals surface area contributed by atoms with Gasteiger partial charge in [0.1, 0.15) is 61.0 Å². The Bertz CT molecular complexity index is 663. The van der Waals surface area contributed by atoms with Gasteiger partial charge in [0.25, 0.3) is 0 Å². The maximum absolute atomic E-state index is 11.7. The quantitative estimate of drug-likeness (QED) is 0.166. The van der Waals surface area contributed by atoms with Gasteiger partial charge in [0.05, 0.1) is 13.2 Å². The van der Waals surface area contributed by atoms with Crippen molar-refractivity contribution in [1.29, 1.82) is 0 Å². The molecule has 3 aliphatic rings. The van der Waals surface area contributed by atoms with Gasteiger partial charge in [-0.05, 0) is 0 Å². The van der Waals surface area contributed by atoms with E-state index in [9.17, 15) is 55.9 Å². The summed E-state index contributed by atoms with van der Waals surface area (Å²) in [4.78, 5) is 11.7. The number of rotatable bonds is 6. The highest BCUT2D eigenvalue weighted by molar-refractivity contribution is 5.73. The predicted molar refractivity (Wildman–Crippen MR) is 95.8 cm³/mol. The van der Waals surface area contributed by atoms with Gasteiger partial charge in [-0.2, -0.15) is 0 Å². The SMILES string of the molecule is O=C(O)[C@H]1O[C@@H](O)[C@H](O)[C@@H](O[C@@H]2O[C@H](CO)[C@H](O)[C@H](O)[C@H]2O)[C@@H]1O[C@@H]1OC[C@@H](O)[C@H](O)[C@H]1O. The monoisotopic (exact) mass is 488 g/mol. The van der Waals surface area contributed by atoms with Crippen molar-refractivity contribution in [3.8, 4) is 0 Å². The van der Waals surface area contributed by atoms with Crippen molar-refractivity contribution < 1.29 is 79.5 Å². The minimum Gasteiger partial charge on any atom is -0.479 e. The molecule has 0 saturated carbocycles. The smallest absolute Gasteiger partial charge is 0.335 e. The maximum atomic E-state index is 11.7. The second-order valence-corrected chi connectivity index (χ2v) is 7.93. The first-order chi connectivity index (χ1) is 15.5. The second kappa shape index (κ2) is 10.7. The van der Waals surface area contributed by atoms with Crippen LogP contribution in [0.25, 0.3) is 0 Å². The van der Waals surface area contributed by atoms with Crippen LogP contribution in [0.3, 0.4) is 0 Å². The molecule has 192 valence electrons. The molecule has 0 spiro atoms. The summed E-state index contributed by atoms with van der Waals surface area (Å²) < 4.78 is 25.9. The molecule has 33 heavy (non-hydrogen) atoms. The number of aliphatic hydroxyl groups is 9. The van der Waals surface area contributed by atoms with Crippen molar-refractivity contribution in [2.45, 2.75) is 86.0 Å². The Morgan fingerprint density at radius 1 is 0.758 bits per heavy atom. The lowest BCUT2D eigenvalue weighted by Crippen LogP contribution is -2.67. The fourth-order valence-corrected chi connectivity index (χ4v) is 3.73. The number of hydrogen-bond donors (Lipinski definition) is 10. The van der Waals surface area contributed by atoms with Gasteiger partial charge < -0.3 is 74.7 Å². The van der Waals surface area contributed by atoms with Gasteiger partial charge in [-0.15, -0.1) is 0 Å². The average Bonchev–Trinajstić information content (AvgIpc) is 2.78. The summed E-state index contributed by atoms with van der Waals surface area (Å²) in [7, 11) is 0. The first-order valence-corrected chi connectivity index (χ1v) is 9.99. The molecule has 14 atom stereocenters. The molecule has 0 bridgehead atoms. The van der Waals surface area contributed by atoms with E-state index in [2.05, 4.69) is 0 Å². The zero-order valence-corrected chi connectivity index (χ0v) is 16.9. The molecule has 0 aromatic carbocycles. The lowest BCUT2D eigenvalue weighted by Gasteiger charge is -2.47. The van der Waals surface area contributed by atoms with Gasteiger partial charge in [-0.25, -0.2) is 4.79 Å². The Morgan fingerprint density at radius 3 is 1.97 bits per heavy atom. The molecule has 0 amide bonds. The van der Waals surface area contributed by atoms with Crippen LogP contribution in [0.15, 0.2) is 0 Å². The average molecular weight is 488 g/mol. The largest absolute Gasteiger partial charge is 0.479 e. The summed E-state index contributed by atoms with van der Waals surface area (Å²) >= 11 is 0. The van der Waals surface area contributed by atoms with E-state index in [0.717, 1.165) is 0 Å². The predicted octanol–water partition coefficient (Wildman–Crippen LogP) is -6.84. The second-order valence-electron chi connectivity index (χ2n) is 7.93. The van der Waals surface area contributed by atoms with E-state index < -0.39 is 105 Å². The lowest BCUT2D eigenvalue weighted by atomic mass is 9.96. The van der Waals surface area contributed by atoms with Crippen LogP contribution in [0, 0.1) is 0 Å². The van der Waals surface area contributed by atoms with Crippen molar-refractivity contribution in [3.05, 3.63) is 0 Å². The molecule has 3 saturated heterocycles. The van der Waals surface area contributed by atoms with E-state index in [1.54, 1.807) is 0 Å². The van der Waals surface area contributed by atoms with Crippen LogP contribution >= 0.6 is 0 Å². The van der Waals surface area contributed by atoms with E-state index in [1.807, 2.05) is 0 Å². The number of aliphatic carboxylic acids is 1. The van der Waals surface area contributed by atoms with Crippen molar-refractivity contribution in [2.24, 2.45) is 0 Å². The van der Waals surface area contributed by atoms with E-state index in [1.165, 1.54) is 0 Å². The highest BCUT2D eigenvalue weighted by atomic mass is 16.8. The molecule has 0 aromatic rings. The summed E-state index contributed by atoms with van der Waals surface area (Å²) in [6, 6.07) is 0. The molecule has 3 rings (SSSR count). The summed E-state index contributed by atoms with van der Waals surface area (Å²) in [5.74, 6) is -1.70. The van der Waals surface area contributed by atoms with Crippen LogP contribution in [0.5, 0.6) is 0 Å². The van der Waals surface area contributed by atoms with Crippen LogP contribution < -0.4 is 0 Å². The van der Waals surface area contributed by atoms with Gasteiger partial charge in [-0.1, -0.05) is 0 Å². The van der Waals surface area contributed by atoms with Gasteiger partial charge in [0, 0.05) is 0 Å². The Labute approximate surface area is 185 Å². The topological polar surface area (TPSA) is 266 Å². The molecule has 0 aliphatic carbocycles. The van der Waals surface area contributed by atoms with Crippen molar-refractivity contribution in [2.75, 3.05) is 13.2 Å². The standard InChI is InChI=1S/C17H28O16/c18-1-4-6(21)7(22)9(24)17(30-4)32-11-10(25)15(28)31-13(14(26)27)12(11)33-16-8(23)5(20)3(19)2-29-16/h3-13,15-25,28H,1-2H2,(H,26,27)/t3-,4-,5+,6+,7+,8-,9-,10-,11-,12+,13+,15-,16+,17+/m1/s1. The third-order valence-corrected chi connectivity index (χ3v) is 5.67. The van der Waals surface area contributed by atoms with E-state index in [-0.39, 0.29) is 0 Å². The zero-order chi connectivity index (χ0) is 24.6. The molecular weight excluding hydrogens is 460 g/mol. The number of aliphatic hydroxyl groups excluding tert-OH is 9. The Kier molecular flexibility index (Phi) is 8.57. The molecular formula is C17H28O16. The zero-order valence-electron chi connectivity index (χ0n) is 16.9. The van der Waals surface area contributed by atoms with E-state index >= 15 is 0 Å². The molecule has 3 heterocycles. The molecule has 3 fully saturated rings. The fraction of sp³-hybridized carbons (Fsp3) is 0.941. The van der Waals surface area contributed by atoms with Crippen LogP contribution in [0.4, 0.5) is 0 Å². The highest BCUT2D eigenvalue weighted by Crippen LogP contribution is 2.32. The highest BCUT2D eigenvalue weighted by Gasteiger charge is 2.54. The van der Waals surface area contributed by atoms with Gasteiger partial charge in [0.2, 0.25) is 0 Å². The summed E-state index contributed by atoms with van der Waals surface area (Å²) in [6.07, 6.45) is -25.5. The van der Waals surface area contributed by atoms with Gasteiger partial charge in [-0.3, -0.25) is 0 Å². The number of carboxylic acid groups (broad SMARTS) is 1. The lowest BCUT2D eigenvalue weighted by molar-refractivity contribution is -0.374. The fourth-order valence-electron chi connectivity index (χ4n) is 3.73. The van der Waals surface area contributed by atoms with Crippen molar-refractivity contribution in [1.82, 2.24) is 0 Å². The summed E-state index contributed by atoms with van der Waals surface area (Å²) in [5, 5.41) is 98.7. The van der Waals surface area contributed by atoms with Crippen molar-refractivity contribution in [3.63, 3.8) is 0 Å². The first-order valence-electron chi connectivity index (χ1n) is 9.99. The number of carbonyl (C=O) groups is 1. The van der Waals surface area contributed by atoms with Crippen LogP contribution in [-0.4, -0.2) is 156 Å². The summed E-state index contributed by atoms with van der Waals surface area (Å²) in [6.45, 7) is -1.30. The Morgan fingerprint density at radius 2 is 1.36 bits per heavy atom. The van der Waals surface area contributed by atoms with Crippen LogP contribution in [0.2, 0.25) is 0 Å². The minimum atomic E-state index is -2.12. The number of ether oxygens (including phenoxy) is 5. The molecule has 16 nitrogen and oxygen atoms in total. The normalized spacial score (nSPS) is 51.3. The summed E-state index contributed by atoms with van der Waals surface area (Å²) in [5.41, 5.74) is 0. The van der Waals surface area contributed by atoms with Crippen LogP contribution in [-0.2, 0) is 28.5 Å². The molecule has 16 heteroatoms. The van der Waals surface area contributed by atoms with Gasteiger partial charge >= 0.3 is 5.97 Å². The Hall–Kier alpha value is -1.09. The Balaban J connectivity index is 1.86. The van der Waals surface area contributed by atoms with Crippen LogP contribution in [0.1, 0.15) is 0 Å². The third kappa shape index (κ3) is 5.29. The molecule has 0 aromatic heterocycles. The number of hydrogen-bond acceptors (Lipinski definition) is 15. The minimum absolute atomic E-state index is 0.502. The molecule has 0 radical (unpaired) electrons. The van der Waals surface area contributed by atoms with E-state index in [4.69, 9.17) is 23.7 Å². The van der Waals surface area contributed by atoms with Crippen molar-refractivity contribution >= 4 is 5.97 Å². The molecule has 3 aliphatic heterocycles. The maximum Gasteiger partial charge on any atom is 0.335 e. The molecule has 0 unspecified atom stereocenters. The third-order valence-electron chi connectivity index (χ3n) is 5.67. The van der Waals surface area contributed by atoms with Gasteiger partial charge in [0.15, 0.2) is 25.0 Å².